The van der Waals surface area contributed by atoms with Crippen LogP contribution < -0.4 is 5.73 Å². The number of aromatic nitrogens is 1. The zero-order valence-electron chi connectivity index (χ0n) is 9.51. The number of hydrogen-bond donors (Lipinski definition) is 1. The van der Waals surface area contributed by atoms with Gasteiger partial charge in [0, 0.05) is 15.4 Å². The zero-order valence-corrected chi connectivity index (χ0v) is 11.9. The van der Waals surface area contributed by atoms with Gasteiger partial charge < -0.3 is 5.73 Å². The molecule has 0 fully saturated rings. The Hall–Kier alpha value is -1.23. The van der Waals surface area contributed by atoms with Crippen molar-refractivity contribution in [3.05, 3.63) is 63.7 Å². The molecule has 2 nitrogen and oxygen atoms in total. The number of halogens is 1. The first-order valence-electron chi connectivity index (χ1n) is 5.59. The Bertz CT molecular complexity index is 676. The Balaban J connectivity index is 2.08. The summed E-state index contributed by atoms with van der Waals surface area (Å²) in [6.07, 6.45) is 1.78. The molecule has 1 aromatic carbocycles. The minimum Gasteiger partial charge on any atom is -0.319 e. The molecule has 0 radical (unpaired) electrons. The molecule has 90 valence electrons. The van der Waals surface area contributed by atoms with Crippen molar-refractivity contribution in [1.82, 2.24) is 4.98 Å². The highest BCUT2D eigenvalue weighted by molar-refractivity contribution is 9.10. The molecule has 0 aliphatic rings. The molecule has 1 unspecified atom stereocenters. The Morgan fingerprint density at radius 1 is 1.17 bits per heavy atom. The summed E-state index contributed by atoms with van der Waals surface area (Å²) in [7, 11) is 0. The number of rotatable bonds is 2. The van der Waals surface area contributed by atoms with E-state index in [1.54, 1.807) is 17.5 Å². The zero-order chi connectivity index (χ0) is 12.5. The van der Waals surface area contributed by atoms with Gasteiger partial charge in [-0.1, -0.05) is 18.2 Å². The summed E-state index contributed by atoms with van der Waals surface area (Å²) in [4.78, 5) is 4.38. The summed E-state index contributed by atoms with van der Waals surface area (Å²) >= 11 is 5.11. The lowest BCUT2D eigenvalue weighted by Gasteiger charge is -2.12. The second-order valence-electron chi connectivity index (χ2n) is 4.07. The van der Waals surface area contributed by atoms with Crippen molar-refractivity contribution < 1.29 is 0 Å². The summed E-state index contributed by atoms with van der Waals surface area (Å²) in [5, 5.41) is 3.33. The highest BCUT2D eigenvalue weighted by Gasteiger charge is 2.13. The molecule has 0 aliphatic carbocycles. The summed E-state index contributed by atoms with van der Waals surface area (Å²) in [5.41, 5.74) is 8.34. The van der Waals surface area contributed by atoms with Crippen LogP contribution in [0.1, 0.15) is 17.3 Å². The molecular weight excluding hydrogens is 308 g/mol. The second kappa shape index (κ2) is 4.80. The molecule has 3 aromatic rings. The minimum absolute atomic E-state index is 0.180. The topological polar surface area (TPSA) is 38.9 Å². The van der Waals surface area contributed by atoms with Gasteiger partial charge in [-0.05, 0) is 50.5 Å². The van der Waals surface area contributed by atoms with Crippen molar-refractivity contribution in [3.63, 3.8) is 0 Å². The smallest absolute Gasteiger partial charge is 0.0740 e. The molecule has 0 amide bonds. The van der Waals surface area contributed by atoms with Gasteiger partial charge in [-0.25, -0.2) is 0 Å². The van der Waals surface area contributed by atoms with Crippen molar-refractivity contribution in [1.29, 1.82) is 0 Å². The number of benzene rings is 1. The van der Waals surface area contributed by atoms with E-state index in [-0.39, 0.29) is 6.04 Å². The van der Waals surface area contributed by atoms with Crippen LogP contribution in [0.2, 0.25) is 0 Å². The second-order valence-corrected chi connectivity index (χ2v) is 5.90. The molecule has 0 saturated heterocycles. The van der Waals surface area contributed by atoms with Crippen LogP contribution in [0, 0.1) is 0 Å². The molecule has 4 heteroatoms. The van der Waals surface area contributed by atoms with Gasteiger partial charge in [-0.2, -0.15) is 0 Å². The van der Waals surface area contributed by atoms with Crippen molar-refractivity contribution >= 4 is 37.4 Å². The molecule has 0 saturated carbocycles. The average Bonchev–Trinajstić information content (AvgIpc) is 2.87. The van der Waals surface area contributed by atoms with E-state index in [1.807, 2.05) is 18.2 Å². The number of nitrogens with two attached hydrogens (primary N) is 1. The predicted octanol–water partition coefficient (Wildman–Crippen LogP) is 4.11. The van der Waals surface area contributed by atoms with Crippen LogP contribution >= 0.6 is 27.3 Å². The van der Waals surface area contributed by atoms with Crippen molar-refractivity contribution in [2.75, 3.05) is 0 Å². The van der Waals surface area contributed by atoms with Gasteiger partial charge >= 0.3 is 0 Å². The molecule has 18 heavy (non-hydrogen) atoms. The number of hydrogen-bond acceptors (Lipinski definition) is 3. The monoisotopic (exact) mass is 318 g/mol. The summed E-state index contributed by atoms with van der Waals surface area (Å²) in [6, 6.07) is 12.1. The van der Waals surface area contributed by atoms with Gasteiger partial charge in [0.15, 0.2) is 0 Å². The van der Waals surface area contributed by atoms with E-state index >= 15 is 0 Å². The van der Waals surface area contributed by atoms with Crippen LogP contribution in [0.25, 0.3) is 10.1 Å². The van der Waals surface area contributed by atoms with E-state index in [0.29, 0.717) is 0 Å². The van der Waals surface area contributed by atoms with E-state index in [1.165, 1.54) is 10.1 Å². The van der Waals surface area contributed by atoms with Crippen LogP contribution in [0.15, 0.2) is 52.4 Å². The fraction of sp³-hybridized carbons (Fsp3) is 0.0714. The lowest BCUT2D eigenvalue weighted by molar-refractivity contribution is 0.836. The fourth-order valence-corrected chi connectivity index (χ4v) is 3.18. The molecule has 0 spiro atoms. The van der Waals surface area contributed by atoms with Crippen molar-refractivity contribution in [2.24, 2.45) is 5.73 Å². The third-order valence-corrected chi connectivity index (χ3v) is 4.36. The largest absolute Gasteiger partial charge is 0.319 e. The van der Waals surface area contributed by atoms with Gasteiger partial charge in [-0.3, -0.25) is 4.98 Å². The van der Waals surface area contributed by atoms with Gasteiger partial charge in [-0.15, -0.1) is 11.3 Å². The third-order valence-electron chi connectivity index (χ3n) is 2.91. The van der Waals surface area contributed by atoms with Crippen LogP contribution in [-0.4, -0.2) is 4.98 Å². The normalized spacial score (nSPS) is 12.8. The lowest BCUT2D eigenvalue weighted by atomic mass is 10.0. The average molecular weight is 319 g/mol. The number of fused-ring (bicyclic) bond motifs is 1. The Morgan fingerprint density at radius 3 is 2.83 bits per heavy atom. The van der Waals surface area contributed by atoms with Crippen LogP contribution in [0.5, 0.6) is 0 Å². The van der Waals surface area contributed by atoms with Crippen molar-refractivity contribution in [2.45, 2.75) is 6.04 Å². The Morgan fingerprint density at radius 2 is 2.06 bits per heavy atom. The molecule has 0 aliphatic heterocycles. The molecular formula is C14H11BrN2S. The molecule has 3 rings (SSSR count). The van der Waals surface area contributed by atoms with E-state index in [9.17, 15) is 0 Å². The highest BCUT2D eigenvalue weighted by Crippen LogP contribution is 2.30. The van der Waals surface area contributed by atoms with E-state index in [2.05, 4.69) is 44.5 Å². The number of nitrogens with zero attached hydrogens (tertiary/aromatic N) is 1. The quantitative estimate of drug-likeness (QED) is 0.772. The first kappa shape index (κ1) is 11.8. The third kappa shape index (κ3) is 2.07. The molecule has 2 aromatic heterocycles. The predicted molar refractivity (Wildman–Crippen MR) is 79.8 cm³/mol. The lowest BCUT2D eigenvalue weighted by Crippen LogP contribution is -2.13. The van der Waals surface area contributed by atoms with E-state index in [4.69, 9.17) is 5.73 Å². The maximum Gasteiger partial charge on any atom is 0.0740 e. The first-order valence-corrected chi connectivity index (χ1v) is 7.26. The standard InChI is InChI=1S/C14H11BrN2S/c15-10-4-5-12(17-8-10)13(16)11-3-1-2-9-6-7-18-14(9)11/h1-8,13H,16H2. The molecule has 2 heterocycles. The van der Waals surface area contributed by atoms with Crippen LogP contribution in [0.3, 0.4) is 0 Å². The maximum absolute atomic E-state index is 6.32. The van der Waals surface area contributed by atoms with Crippen molar-refractivity contribution in [3.8, 4) is 0 Å². The fourth-order valence-electron chi connectivity index (χ4n) is 1.99. The van der Waals surface area contributed by atoms with E-state index in [0.717, 1.165) is 15.7 Å². The van der Waals surface area contributed by atoms with Crippen LogP contribution in [0.4, 0.5) is 0 Å². The maximum atomic E-state index is 6.32. The van der Waals surface area contributed by atoms with E-state index < -0.39 is 0 Å². The Labute approximate surface area is 118 Å². The van der Waals surface area contributed by atoms with Gasteiger partial charge in [0.25, 0.3) is 0 Å². The highest BCUT2D eigenvalue weighted by atomic mass is 79.9. The van der Waals surface area contributed by atoms with Gasteiger partial charge in [0.05, 0.1) is 11.7 Å². The molecule has 2 N–H and O–H groups in total. The molecule has 1 atom stereocenters. The van der Waals surface area contributed by atoms with Gasteiger partial charge in [0.2, 0.25) is 0 Å². The number of thiophene rings is 1. The first-order chi connectivity index (χ1) is 8.75. The molecule has 0 bridgehead atoms. The summed E-state index contributed by atoms with van der Waals surface area (Å²) < 4.78 is 2.21. The SMILES string of the molecule is NC(c1ccc(Br)cn1)c1cccc2ccsc12. The van der Waals surface area contributed by atoms with Gasteiger partial charge in [0.1, 0.15) is 0 Å². The Kier molecular flexibility index (Phi) is 3.16. The summed E-state index contributed by atoms with van der Waals surface area (Å²) in [5.74, 6) is 0. The van der Waals surface area contributed by atoms with Crippen LogP contribution in [-0.2, 0) is 0 Å². The summed E-state index contributed by atoms with van der Waals surface area (Å²) in [6.45, 7) is 0. The minimum atomic E-state index is -0.180. The number of pyridine rings is 1.